The third-order valence-corrected chi connectivity index (χ3v) is 5.48. The predicted molar refractivity (Wildman–Crippen MR) is 87.4 cm³/mol. The van der Waals surface area contributed by atoms with Crippen molar-refractivity contribution in [1.29, 1.82) is 0 Å². The van der Waals surface area contributed by atoms with Crippen LogP contribution in [0.4, 0.5) is 5.95 Å². The molecule has 12 heteroatoms. The molecule has 0 amide bonds. The molecule has 24 heavy (non-hydrogen) atoms. The lowest BCUT2D eigenvalue weighted by molar-refractivity contribution is -0.179. The second-order valence-electron chi connectivity index (χ2n) is 5.78. The Hall–Kier alpha value is -1.52. The highest BCUT2D eigenvalue weighted by atomic mass is 32.1. The van der Waals surface area contributed by atoms with Crippen LogP contribution in [0, 0.1) is 0 Å². The average Bonchev–Trinajstić information content (AvgIpc) is 3.15. The summed E-state index contributed by atoms with van der Waals surface area (Å²) in [4.78, 5) is 22.5. The molecule has 2 aliphatic heterocycles. The number of aromatic amines is 1. The zero-order chi connectivity index (χ0) is 17.1. The van der Waals surface area contributed by atoms with Gasteiger partial charge in [-0.3, -0.25) is 14.3 Å². The van der Waals surface area contributed by atoms with Gasteiger partial charge in [0.1, 0.15) is 18.3 Å². The number of nitrogens with one attached hydrogen (secondary N) is 1. The average molecular weight is 372 g/mol. The van der Waals surface area contributed by atoms with Gasteiger partial charge in [-0.1, -0.05) is 0 Å². The number of H-pyrrole nitrogens is 1. The predicted octanol–water partition coefficient (Wildman–Crippen LogP) is 0.0554. The van der Waals surface area contributed by atoms with Crippen LogP contribution in [0.25, 0.3) is 11.2 Å². The molecule has 3 N–H and O–H groups in total. The van der Waals surface area contributed by atoms with Gasteiger partial charge in [-0.2, -0.15) is 17.6 Å². The van der Waals surface area contributed by atoms with E-state index in [4.69, 9.17) is 19.7 Å². The van der Waals surface area contributed by atoms with Gasteiger partial charge in [0, 0.05) is 0 Å². The number of imidazole rings is 1. The standard InChI is InChI=1S/C12H14N5O5PS/c1-23(19)21-3-12-2-20-6(7(12)24)10(22-12)17-4-14-5-8(17)15-11(13)16-9(5)18/h4,6-7,10H,2-3H2,1H3,(H3-,13,15,16,18,24)/p+1/t6-,7+,10-,12-/m1/s1. The van der Waals surface area contributed by atoms with E-state index in [1.54, 1.807) is 4.57 Å². The second-order valence-corrected chi connectivity index (χ2v) is 7.48. The molecule has 1 unspecified atom stereocenters. The molecule has 2 saturated heterocycles. The van der Waals surface area contributed by atoms with Crippen molar-refractivity contribution in [2.75, 3.05) is 25.6 Å². The maximum atomic E-state index is 11.9. The molecule has 2 fully saturated rings. The molecule has 0 radical (unpaired) electrons. The van der Waals surface area contributed by atoms with Gasteiger partial charge in [0.25, 0.3) is 5.56 Å². The van der Waals surface area contributed by atoms with Crippen LogP contribution in [0.2, 0.25) is 0 Å². The van der Waals surface area contributed by atoms with Crippen LogP contribution < -0.4 is 11.3 Å². The molecule has 10 nitrogen and oxygen atoms in total. The Balaban J connectivity index is 1.72. The zero-order valence-corrected chi connectivity index (χ0v) is 14.4. The summed E-state index contributed by atoms with van der Waals surface area (Å²) in [6.07, 6.45) is 0.487. The van der Waals surface area contributed by atoms with Crippen molar-refractivity contribution < 1.29 is 18.6 Å². The molecule has 2 bridgehead atoms. The third-order valence-electron chi connectivity index (χ3n) is 4.22. The second kappa shape index (κ2) is 5.50. The van der Waals surface area contributed by atoms with Crippen LogP contribution in [0.3, 0.4) is 0 Å². The first-order chi connectivity index (χ1) is 11.4. The van der Waals surface area contributed by atoms with E-state index in [0.29, 0.717) is 5.65 Å². The first-order valence-electron chi connectivity index (χ1n) is 7.15. The fourth-order valence-electron chi connectivity index (χ4n) is 3.07. The lowest BCUT2D eigenvalue weighted by Gasteiger charge is -2.29. The maximum absolute atomic E-state index is 11.9. The van der Waals surface area contributed by atoms with Crippen molar-refractivity contribution in [3.63, 3.8) is 0 Å². The Bertz CT molecular complexity index is 886. The van der Waals surface area contributed by atoms with Crippen LogP contribution in [0.15, 0.2) is 11.1 Å². The van der Waals surface area contributed by atoms with Crippen LogP contribution in [0.5, 0.6) is 0 Å². The number of aromatic nitrogens is 4. The van der Waals surface area contributed by atoms with E-state index < -0.39 is 25.4 Å². The number of nitrogens with two attached hydrogens (primary N) is 1. The van der Waals surface area contributed by atoms with Gasteiger partial charge >= 0.3 is 8.03 Å². The van der Waals surface area contributed by atoms with Crippen molar-refractivity contribution in [3.8, 4) is 0 Å². The Morgan fingerprint density at radius 1 is 1.67 bits per heavy atom. The Kier molecular flexibility index (Phi) is 3.66. The topological polar surface area (TPSA) is 134 Å². The molecule has 2 aromatic heterocycles. The van der Waals surface area contributed by atoms with Crippen LogP contribution in [-0.2, 0) is 18.6 Å². The minimum Gasteiger partial charge on any atom is -0.369 e. The fourth-order valence-corrected chi connectivity index (χ4v) is 3.91. The third kappa shape index (κ3) is 2.27. The normalized spacial score (nSPS) is 32.6. The minimum absolute atomic E-state index is 0.0122. The molecule has 4 heterocycles. The van der Waals surface area contributed by atoms with Crippen LogP contribution >= 0.6 is 20.7 Å². The minimum atomic E-state index is -1.76. The van der Waals surface area contributed by atoms with Gasteiger partial charge in [0.15, 0.2) is 24.1 Å². The lowest BCUT2D eigenvalue weighted by atomic mass is 10.0. The number of nitrogens with zero attached hydrogens (tertiary/aromatic N) is 3. The monoisotopic (exact) mass is 372 g/mol. The maximum Gasteiger partial charge on any atom is 0.504 e. The summed E-state index contributed by atoms with van der Waals surface area (Å²) in [6, 6.07) is 0. The van der Waals surface area contributed by atoms with Gasteiger partial charge in [0.2, 0.25) is 5.95 Å². The van der Waals surface area contributed by atoms with E-state index in [0.717, 1.165) is 0 Å². The summed E-state index contributed by atoms with van der Waals surface area (Å²) in [7, 11) is -1.76. The van der Waals surface area contributed by atoms with Gasteiger partial charge in [-0.15, -0.1) is 4.52 Å². The summed E-state index contributed by atoms with van der Waals surface area (Å²) < 4.78 is 30.0. The quantitative estimate of drug-likeness (QED) is 0.506. The number of ether oxygens (including phenoxy) is 2. The van der Waals surface area contributed by atoms with Gasteiger partial charge in [-0.05, 0) is 4.57 Å². The van der Waals surface area contributed by atoms with Crippen LogP contribution in [0.1, 0.15) is 6.23 Å². The van der Waals surface area contributed by atoms with Crippen molar-refractivity contribution in [2.24, 2.45) is 0 Å². The first-order valence-corrected chi connectivity index (χ1v) is 9.29. The molecule has 0 aliphatic carbocycles. The van der Waals surface area contributed by atoms with Crippen molar-refractivity contribution in [3.05, 3.63) is 16.7 Å². The van der Waals surface area contributed by atoms with E-state index in [1.807, 2.05) is 0 Å². The molecule has 0 spiro atoms. The van der Waals surface area contributed by atoms with E-state index >= 15 is 0 Å². The van der Waals surface area contributed by atoms with Crippen molar-refractivity contribution in [2.45, 2.75) is 23.2 Å². The molecule has 0 saturated carbocycles. The number of anilines is 1. The molecule has 2 aliphatic rings. The molecular weight excluding hydrogens is 357 g/mol. The summed E-state index contributed by atoms with van der Waals surface area (Å²) in [5.41, 5.74) is 4.83. The summed E-state index contributed by atoms with van der Waals surface area (Å²) in [6.45, 7) is 1.86. The van der Waals surface area contributed by atoms with Crippen molar-refractivity contribution >= 4 is 37.8 Å². The molecule has 0 aromatic carbocycles. The number of hydrogen-bond donors (Lipinski definition) is 3. The van der Waals surface area contributed by atoms with E-state index in [-0.39, 0.29) is 36.0 Å². The summed E-state index contributed by atoms with van der Waals surface area (Å²) >= 11 is 4.59. The largest absolute Gasteiger partial charge is 0.504 e. The van der Waals surface area contributed by atoms with Crippen molar-refractivity contribution in [1.82, 2.24) is 19.5 Å². The molecular formula is C12H15N5O5PS+. The first kappa shape index (κ1) is 16.0. The van der Waals surface area contributed by atoms with Crippen LogP contribution in [-0.4, -0.2) is 56.4 Å². The Labute approximate surface area is 142 Å². The number of hydrogen-bond acceptors (Lipinski definition) is 9. The highest BCUT2D eigenvalue weighted by Gasteiger charge is 2.62. The smallest absolute Gasteiger partial charge is 0.369 e. The SMILES string of the molecule is C[P+](=O)OC[C@@]12CO[C@@H]([C@H](n3cnc4c(=O)[nH]c(N)nc43)O1)[C@@H]2S. The Morgan fingerprint density at radius 3 is 3.21 bits per heavy atom. The van der Waals surface area contributed by atoms with Gasteiger partial charge < -0.3 is 15.2 Å². The zero-order valence-electron chi connectivity index (χ0n) is 12.6. The number of rotatable bonds is 4. The van der Waals surface area contributed by atoms with Gasteiger partial charge in [-0.25, -0.2) is 4.98 Å². The van der Waals surface area contributed by atoms with E-state index in [9.17, 15) is 9.36 Å². The number of thiol groups is 1. The number of fused-ring (bicyclic) bond motifs is 3. The van der Waals surface area contributed by atoms with E-state index in [1.165, 1.54) is 13.0 Å². The number of nitrogen functional groups attached to an aromatic ring is 1. The summed E-state index contributed by atoms with van der Waals surface area (Å²) in [5.74, 6) is -0.0122. The molecule has 128 valence electrons. The fraction of sp³-hybridized carbons (Fsp3) is 0.583. The lowest BCUT2D eigenvalue weighted by Crippen LogP contribution is -2.42. The summed E-state index contributed by atoms with van der Waals surface area (Å²) in [5, 5.41) is -0.283. The highest BCUT2D eigenvalue weighted by Crippen LogP contribution is 2.48. The van der Waals surface area contributed by atoms with Gasteiger partial charge in [0.05, 0.1) is 18.2 Å². The van der Waals surface area contributed by atoms with E-state index in [2.05, 4.69) is 27.6 Å². The Morgan fingerprint density at radius 2 is 2.46 bits per heavy atom. The highest BCUT2D eigenvalue weighted by molar-refractivity contribution is 7.81. The molecule has 2 aromatic rings. The molecule has 5 atom stereocenters. The molecule has 4 rings (SSSR count).